The molecule has 0 bridgehead atoms. The Labute approximate surface area is 100 Å². The highest BCUT2D eigenvalue weighted by molar-refractivity contribution is 5.69. The lowest BCUT2D eigenvalue weighted by atomic mass is 9.89. The van der Waals surface area contributed by atoms with Crippen LogP contribution in [0.1, 0.15) is 18.9 Å². The lowest BCUT2D eigenvalue weighted by molar-refractivity contribution is -0.138. The van der Waals surface area contributed by atoms with E-state index in [-0.39, 0.29) is 6.42 Å². The fraction of sp³-hybridized carbons (Fsp3) is 0.417. The number of benzene rings is 1. The van der Waals surface area contributed by atoms with Crippen LogP contribution in [0.3, 0.4) is 0 Å². The molecule has 0 aliphatic carbocycles. The van der Waals surface area contributed by atoms with Crippen molar-refractivity contribution in [3.8, 4) is 11.5 Å². The number of methoxy groups -OCH3 is 2. The first-order chi connectivity index (χ1) is 7.90. The van der Waals surface area contributed by atoms with E-state index < -0.39 is 11.5 Å². The van der Waals surface area contributed by atoms with Gasteiger partial charge >= 0.3 is 5.97 Å². The molecular formula is C12H17NO4. The second-order valence-corrected chi connectivity index (χ2v) is 4.05. The number of carboxylic acids is 1. The minimum absolute atomic E-state index is 0.171. The van der Waals surface area contributed by atoms with E-state index >= 15 is 0 Å². The molecule has 94 valence electrons. The number of nitrogens with two attached hydrogens (primary N) is 1. The van der Waals surface area contributed by atoms with Crippen molar-refractivity contribution in [2.24, 2.45) is 5.73 Å². The van der Waals surface area contributed by atoms with Crippen LogP contribution in [0.5, 0.6) is 11.5 Å². The molecule has 1 unspecified atom stereocenters. The van der Waals surface area contributed by atoms with Crippen molar-refractivity contribution in [2.75, 3.05) is 14.2 Å². The van der Waals surface area contributed by atoms with Crippen LogP contribution in [-0.4, -0.2) is 25.3 Å². The van der Waals surface area contributed by atoms with Gasteiger partial charge in [-0.3, -0.25) is 4.79 Å². The SMILES string of the molecule is COc1ccc(C(C)(N)CC(=O)O)c(OC)c1. The number of hydrogen-bond acceptors (Lipinski definition) is 4. The molecular weight excluding hydrogens is 222 g/mol. The summed E-state index contributed by atoms with van der Waals surface area (Å²) in [4.78, 5) is 10.8. The summed E-state index contributed by atoms with van der Waals surface area (Å²) >= 11 is 0. The number of hydrogen-bond donors (Lipinski definition) is 2. The van der Waals surface area contributed by atoms with Gasteiger partial charge in [-0.15, -0.1) is 0 Å². The first-order valence-corrected chi connectivity index (χ1v) is 5.14. The molecule has 0 aliphatic heterocycles. The first kappa shape index (κ1) is 13.3. The Balaban J connectivity index is 3.16. The van der Waals surface area contributed by atoms with Gasteiger partial charge < -0.3 is 20.3 Å². The van der Waals surface area contributed by atoms with Gasteiger partial charge in [0.05, 0.1) is 26.2 Å². The molecule has 17 heavy (non-hydrogen) atoms. The summed E-state index contributed by atoms with van der Waals surface area (Å²) in [5.41, 5.74) is 5.66. The van der Waals surface area contributed by atoms with Gasteiger partial charge in [0.2, 0.25) is 0 Å². The highest BCUT2D eigenvalue weighted by Crippen LogP contribution is 2.33. The van der Waals surface area contributed by atoms with Crippen LogP contribution in [0.2, 0.25) is 0 Å². The smallest absolute Gasteiger partial charge is 0.305 e. The Morgan fingerprint density at radius 3 is 2.53 bits per heavy atom. The highest BCUT2D eigenvalue weighted by atomic mass is 16.5. The minimum Gasteiger partial charge on any atom is -0.497 e. The molecule has 5 heteroatoms. The summed E-state index contributed by atoms with van der Waals surface area (Å²) in [5, 5.41) is 8.83. The average Bonchev–Trinajstić information content (AvgIpc) is 2.26. The fourth-order valence-corrected chi connectivity index (χ4v) is 1.68. The van der Waals surface area contributed by atoms with Gasteiger partial charge in [0.15, 0.2) is 0 Å². The Hall–Kier alpha value is -1.75. The second kappa shape index (κ2) is 5.05. The number of carbonyl (C=O) groups is 1. The van der Waals surface area contributed by atoms with E-state index in [0.717, 1.165) is 0 Å². The van der Waals surface area contributed by atoms with Crippen LogP contribution in [0.15, 0.2) is 18.2 Å². The third-order valence-electron chi connectivity index (χ3n) is 2.54. The molecule has 0 saturated carbocycles. The fourth-order valence-electron chi connectivity index (χ4n) is 1.68. The molecule has 1 rings (SSSR count). The van der Waals surface area contributed by atoms with Crippen molar-refractivity contribution in [1.82, 2.24) is 0 Å². The van der Waals surface area contributed by atoms with Crippen LogP contribution in [0, 0.1) is 0 Å². The number of carboxylic acid groups (broad SMARTS) is 1. The Bertz CT molecular complexity index is 415. The molecule has 0 aromatic heterocycles. The Morgan fingerprint density at radius 1 is 1.41 bits per heavy atom. The number of aliphatic carboxylic acids is 1. The number of rotatable bonds is 5. The van der Waals surface area contributed by atoms with Crippen molar-refractivity contribution in [3.05, 3.63) is 23.8 Å². The molecule has 0 amide bonds. The van der Waals surface area contributed by atoms with E-state index in [1.807, 2.05) is 0 Å². The maximum absolute atomic E-state index is 10.8. The summed E-state index contributed by atoms with van der Waals surface area (Å²) in [6.07, 6.45) is -0.171. The Morgan fingerprint density at radius 2 is 2.06 bits per heavy atom. The lowest BCUT2D eigenvalue weighted by Crippen LogP contribution is -2.35. The summed E-state index contributed by atoms with van der Waals surface area (Å²) in [6, 6.07) is 5.13. The summed E-state index contributed by atoms with van der Waals surface area (Å²) in [7, 11) is 3.06. The normalized spacial score (nSPS) is 13.9. The molecule has 0 fully saturated rings. The van der Waals surface area contributed by atoms with Crippen LogP contribution in [-0.2, 0) is 10.3 Å². The molecule has 3 N–H and O–H groups in total. The molecule has 0 heterocycles. The van der Waals surface area contributed by atoms with E-state index in [9.17, 15) is 4.79 Å². The zero-order valence-electron chi connectivity index (χ0n) is 10.2. The molecule has 1 aromatic carbocycles. The zero-order chi connectivity index (χ0) is 13.1. The molecule has 0 spiro atoms. The molecule has 1 aromatic rings. The monoisotopic (exact) mass is 239 g/mol. The van der Waals surface area contributed by atoms with Crippen molar-refractivity contribution in [2.45, 2.75) is 18.9 Å². The van der Waals surface area contributed by atoms with Gasteiger partial charge in [0.25, 0.3) is 0 Å². The summed E-state index contributed by atoms with van der Waals surface area (Å²) in [5.74, 6) is 0.209. The van der Waals surface area contributed by atoms with Crippen LogP contribution >= 0.6 is 0 Å². The summed E-state index contributed by atoms with van der Waals surface area (Å²) < 4.78 is 10.3. The third-order valence-corrected chi connectivity index (χ3v) is 2.54. The van der Waals surface area contributed by atoms with Gasteiger partial charge in [-0.25, -0.2) is 0 Å². The van der Waals surface area contributed by atoms with Crippen molar-refractivity contribution >= 4 is 5.97 Å². The maximum Gasteiger partial charge on any atom is 0.305 e. The first-order valence-electron chi connectivity index (χ1n) is 5.14. The van der Waals surface area contributed by atoms with Crippen LogP contribution in [0.25, 0.3) is 0 Å². The second-order valence-electron chi connectivity index (χ2n) is 4.05. The zero-order valence-corrected chi connectivity index (χ0v) is 10.2. The van der Waals surface area contributed by atoms with Gasteiger partial charge in [0, 0.05) is 11.6 Å². The minimum atomic E-state index is -0.983. The largest absolute Gasteiger partial charge is 0.497 e. The van der Waals surface area contributed by atoms with Crippen LogP contribution < -0.4 is 15.2 Å². The standard InChI is InChI=1S/C12H17NO4/c1-12(13,7-11(14)15)9-5-4-8(16-2)6-10(9)17-3/h4-6H,7,13H2,1-3H3,(H,14,15). The van der Waals surface area contributed by atoms with Gasteiger partial charge in [-0.1, -0.05) is 0 Å². The van der Waals surface area contributed by atoms with E-state index in [1.54, 1.807) is 32.2 Å². The van der Waals surface area contributed by atoms with Crippen molar-refractivity contribution in [1.29, 1.82) is 0 Å². The molecule has 0 saturated heterocycles. The number of ether oxygens (including phenoxy) is 2. The predicted molar refractivity (Wildman–Crippen MR) is 63.3 cm³/mol. The predicted octanol–water partition coefficient (Wildman–Crippen LogP) is 1.35. The van der Waals surface area contributed by atoms with E-state index in [1.165, 1.54) is 7.11 Å². The highest BCUT2D eigenvalue weighted by Gasteiger charge is 2.28. The van der Waals surface area contributed by atoms with Crippen LogP contribution in [0.4, 0.5) is 0 Å². The quantitative estimate of drug-likeness (QED) is 0.810. The lowest BCUT2D eigenvalue weighted by Gasteiger charge is -2.25. The molecule has 1 atom stereocenters. The Kier molecular flexibility index (Phi) is 3.96. The third kappa shape index (κ3) is 3.10. The van der Waals surface area contributed by atoms with Crippen molar-refractivity contribution in [3.63, 3.8) is 0 Å². The topological polar surface area (TPSA) is 81.8 Å². The maximum atomic E-state index is 10.8. The molecule has 0 radical (unpaired) electrons. The average molecular weight is 239 g/mol. The van der Waals surface area contributed by atoms with Gasteiger partial charge in [-0.05, 0) is 19.1 Å². The van der Waals surface area contributed by atoms with E-state index in [4.69, 9.17) is 20.3 Å². The van der Waals surface area contributed by atoms with E-state index in [2.05, 4.69) is 0 Å². The molecule has 0 aliphatic rings. The van der Waals surface area contributed by atoms with Gasteiger partial charge in [0.1, 0.15) is 11.5 Å². The molecule has 5 nitrogen and oxygen atoms in total. The van der Waals surface area contributed by atoms with Gasteiger partial charge in [-0.2, -0.15) is 0 Å². The van der Waals surface area contributed by atoms with E-state index in [0.29, 0.717) is 17.1 Å². The summed E-state index contributed by atoms with van der Waals surface area (Å²) in [6.45, 7) is 1.66. The van der Waals surface area contributed by atoms with Crippen molar-refractivity contribution < 1.29 is 19.4 Å².